The molecule has 0 aliphatic rings. The van der Waals surface area contributed by atoms with Crippen molar-refractivity contribution in [2.24, 2.45) is 0 Å². The van der Waals surface area contributed by atoms with E-state index in [1.807, 2.05) is 18.6 Å². The molecular weight excluding hydrogens is 411 g/mol. The summed E-state index contributed by atoms with van der Waals surface area (Å²) in [5.41, 5.74) is 3.06. The average molecular weight is 425 g/mol. The van der Waals surface area contributed by atoms with Gasteiger partial charge in [-0.1, -0.05) is 0 Å². The molecule has 3 rings (SSSR count). The molecule has 3 aromatic heterocycles. The Morgan fingerprint density at radius 1 is 1.14 bits per heavy atom. The van der Waals surface area contributed by atoms with Crippen molar-refractivity contribution in [3.63, 3.8) is 0 Å². The second kappa shape index (κ2) is 7.56. The molecule has 0 radical (unpaired) electrons. The number of aromatic nitrogens is 4. The average Bonchev–Trinajstić information content (AvgIpc) is 3.03. The molecular formula is C14H14IN6S-. The number of halogens is 1. The van der Waals surface area contributed by atoms with Crippen molar-refractivity contribution in [3.8, 4) is 11.4 Å². The third-order valence-electron chi connectivity index (χ3n) is 2.73. The summed E-state index contributed by atoms with van der Waals surface area (Å²) in [6, 6.07) is 5.94. The summed E-state index contributed by atoms with van der Waals surface area (Å²) in [7, 11) is 2.00. The van der Waals surface area contributed by atoms with Gasteiger partial charge in [-0.25, -0.2) is 0 Å². The molecule has 0 aliphatic carbocycles. The van der Waals surface area contributed by atoms with E-state index >= 15 is 0 Å². The summed E-state index contributed by atoms with van der Waals surface area (Å²) in [4.78, 5) is 17.2. The molecule has 0 amide bonds. The molecule has 0 atom stereocenters. The molecule has 0 spiro atoms. The van der Waals surface area contributed by atoms with Gasteiger partial charge in [0.05, 0.1) is 0 Å². The normalized spacial score (nSPS) is 10.8. The minimum atomic E-state index is 0.0132. The first kappa shape index (κ1) is 15.3. The number of rotatable bonds is 6. The number of nitrogens with one attached hydrogen (secondary N) is 2. The van der Waals surface area contributed by atoms with Crippen LogP contribution in [0, 0.1) is 0 Å². The predicted molar refractivity (Wildman–Crippen MR) is 83.4 cm³/mol. The summed E-state index contributed by atoms with van der Waals surface area (Å²) in [6.07, 6.45) is 5.23. The van der Waals surface area contributed by atoms with E-state index in [1.165, 1.54) is 16.9 Å². The Balaban J connectivity index is 1.76. The monoisotopic (exact) mass is 425 g/mol. The standard InChI is InChI=1S/C14H14IN6S/c1-16-15-8-10-3-6-17-11(7-10)12-9-22-14(20-12)21-13-18-4-2-5-19-13/h2-7,9,16H,8H2,1H3,(H,18,19,20,21)/q-1. The zero-order valence-corrected chi connectivity index (χ0v) is 14.8. The molecule has 6 nitrogen and oxygen atoms in total. The first-order chi connectivity index (χ1) is 10.8. The van der Waals surface area contributed by atoms with E-state index in [1.54, 1.807) is 18.5 Å². The van der Waals surface area contributed by atoms with Gasteiger partial charge in [0, 0.05) is 0 Å². The second-order valence-electron chi connectivity index (χ2n) is 4.24. The van der Waals surface area contributed by atoms with Crippen LogP contribution < -0.4 is 30.3 Å². The minimum absolute atomic E-state index is 0.0132. The Morgan fingerprint density at radius 2 is 2.00 bits per heavy atom. The van der Waals surface area contributed by atoms with Gasteiger partial charge in [0.1, 0.15) is 0 Å². The number of hydrogen-bond donors (Lipinski definition) is 2. The summed E-state index contributed by atoms with van der Waals surface area (Å²) < 4.78 is 4.34. The van der Waals surface area contributed by atoms with Gasteiger partial charge in [0.25, 0.3) is 0 Å². The fourth-order valence-corrected chi connectivity index (χ4v) is 3.74. The number of anilines is 2. The van der Waals surface area contributed by atoms with Gasteiger partial charge in [0.2, 0.25) is 0 Å². The van der Waals surface area contributed by atoms with E-state index in [0.717, 1.165) is 20.9 Å². The van der Waals surface area contributed by atoms with Crippen LogP contribution in [0.1, 0.15) is 5.56 Å². The van der Waals surface area contributed by atoms with Gasteiger partial charge in [-0.3, -0.25) is 0 Å². The molecule has 22 heavy (non-hydrogen) atoms. The molecule has 0 aromatic carbocycles. The summed E-state index contributed by atoms with van der Waals surface area (Å²) >= 11 is 1.53. The van der Waals surface area contributed by atoms with Crippen molar-refractivity contribution in [3.05, 3.63) is 47.7 Å². The van der Waals surface area contributed by atoms with Crippen molar-refractivity contribution in [2.75, 3.05) is 12.4 Å². The van der Waals surface area contributed by atoms with Gasteiger partial charge in [-0.05, 0) is 0 Å². The SMILES string of the molecule is CN[I-]Cc1ccnc(-c2csc(Nc3ncccn3)n2)c1. The van der Waals surface area contributed by atoms with Crippen LogP contribution in [0.4, 0.5) is 11.1 Å². The van der Waals surface area contributed by atoms with Crippen LogP contribution in [0.2, 0.25) is 0 Å². The van der Waals surface area contributed by atoms with Gasteiger partial charge < -0.3 is 0 Å². The van der Waals surface area contributed by atoms with E-state index in [4.69, 9.17) is 0 Å². The Bertz CT molecular complexity index is 733. The van der Waals surface area contributed by atoms with Crippen molar-refractivity contribution in [1.29, 1.82) is 0 Å². The molecule has 114 valence electrons. The maximum absolute atomic E-state index is 4.56. The van der Waals surface area contributed by atoms with Gasteiger partial charge >= 0.3 is 143 Å². The number of pyridine rings is 1. The molecule has 0 aliphatic heterocycles. The van der Waals surface area contributed by atoms with Crippen LogP contribution >= 0.6 is 11.3 Å². The molecule has 0 unspecified atom stereocenters. The first-order valence-corrected chi connectivity index (χ1v) is 10.0. The Kier molecular flexibility index (Phi) is 5.24. The van der Waals surface area contributed by atoms with Gasteiger partial charge in [-0.2, -0.15) is 0 Å². The van der Waals surface area contributed by atoms with Crippen LogP contribution in [0.15, 0.2) is 42.2 Å². The van der Waals surface area contributed by atoms with Gasteiger partial charge in [0.15, 0.2) is 0 Å². The van der Waals surface area contributed by atoms with Crippen molar-refractivity contribution in [2.45, 2.75) is 4.43 Å². The van der Waals surface area contributed by atoms with E-state index in [9.17, 15) is 0 Å². The number of nitrogens with zero attached hydrogens (tertiary/aromatic N) is 4. The zero-order chi connectivity index (χ0) is 15.2. The van der Waals surface area contributed by atoms with Crippen molar-refractivity contribution < 1.29 is 21.5 Å². The molecule has 2 N–H and O–H groups in total. The molecule has 0 bridgehead atoms. The van der Waals surface area contributed by atoms with Gasteiger partial charge in [-0.15, -0.1) is 0 Å². The number of thiazole rings is 1. The summed E-state index contributed by atoms with van der Waals surface area (Å²) in [6.45, 7) is 0. The number of alkyl halides is 1. The topological polar surface area (TPSA) is 75.6 Å². The van der Waals surface area contributed by atoms with Crippen LogP contribution in [-0.4, -0.2) is 27.0 Å². The third-order valence-corrected chi connectivity index (χ3v) is 5.51. The van der Waals surface area contributed by atoms with Crippen LogP contribution in [-0.2, 0) is 4.43 Å². The first-order valence-electron chi connectivity index (χ1n) is 6.55. The second-order valence-corrected chi connectivity index (χ2v) is 7.70. The van der Waals surface area contributed by atoms with Crippen molar-refractivity contribution in [1.82, 2.24) is 23.5 Å². The molecule has 8 heteroatoms. The van der Waals surface area contributed by atoms with E-state index in [0.29, 0.717) is 5.95 Å². The fraction of sp³-hybridized carbons (Fsp3) is 0.143. The maximum atomic E-state index is 4.56. The van der Waals surface area contributed by atoms with E-state index in [-0.39, 0.29) is 21.5 Å². The molecule has 0 saturated heterocycles. The molecule has 3 aromatic rings. The Hall–Kier alpha value is -1.65. The van der Waals surface area contributed by atoms with E-state index < -0.39 is 0 Å². The third kappa shape index (κ3) is 3.96. The van der Waals surface area contributed by atoms with Crippen molar-refractivity contribution >= 4 is 22.4 Å². The fourth-order valence-electron chi connectivity index (χ4n) is 1.75. The quantitative estimate of drug-likeness (QED) is 0.314. The molecule has 0 saturated carbocycles. The predicted octanol–water partition coefficient (Wildman–Crippen LogP) is -0.538. The number of hydrogen-bond acceptors (Lipinski definition) is 7. The molecule has 3 heterocycles. The molecule has 0 fully saturated rings. The Labute approximate surface area is 143 Å². The van der Waals surface area contributed by atoms with Crippen LogP contribution in [0.5, 0.6) is 0 Å². The Morgan fingerprint density at radius 3 is 2.82 bits per heavy atom. The zero-order valence-electron chi connectivity index (χ0n) is 11.8. The van der Waals surface area contributed by atoms with E-state index in [2.05, 4.69) is 40.9 Å². The van der Waals surface area contributed by atoms with Crippen LogP contribution in [0.3, 0.4) is 0 Å². The summed E-state index contributed by atoms with van der Waals surface area (Å²) in [5, 5.41) is 5.85. The van der Waals surface area contributed by atoms with Crippen LogP contribution in [0.25, 0.3) is 11.4 Å². The summed E-state index contributed by atoms with van der Waals surface area (Å²) in [5.74, 6) is 0.545.